The first kappa shape index (κ1) is 21.5. The quantitative estimate of drug-likeness (QED) is 0.777. The maximum absolute atomic E-state index is 14.2. The van der Waals surface area contributed by atoms with Crippen LogP contribution in [0.25, 0.3) is 0 Å². The Morgan fingerprint density at radius 3 is 2.65 bits per heavy atom. The lowest BCUT2D eigenvalue weighted by Gasteiger charge is -2.39. The zero-order valence-electron chi connectivity index (χ0n) is 18.3. The molecule has 2 aromatic rings. The minimum absolute atomic E-state index is 0.0148. The number of benzene rings is 2. The molecule has 0 aliphatic carbocycles. The third-order valence-corrected chi connectivity index (χ3v) is 6.54. The highest BCUT2D eigenvalue weighted by atomic mass is 19.1. The van der Waals surface area contributed by atoms with Crippen molar-refractivity contribution in [2.24, 2.45) is 5.92 Å². The molecule has 1 saturated heterocycles. The zero-order chi connectivity index (χ0) is 22.2. The lowest BCUT2D eigenvalue weighted by molar-refractivity contribution is -0.126. The fourth-order valence-electron chi connectivity index (χ4n) is 4.99. The van der Waals surface area contributed by atoms with Gasteiger partial charge in [-0.1, -0.05) is 36.4 Å². The highest BCUT2D eigenvalue weighted by Gasteiger charge is 2.53. The van der Waals surface area contributed by atoms with Crippen LogP contribution in [0, 0.1) is 11.7 Å². The molecule has 2 aliphatic heterocycles. The van der Waals surface area contributed by atoms with Gasteiger partial charge in [0.15, 0.2) is 0 Å². The van der Waals surface area contributed by atoms with Crippen LogP contribution in [0.15, 0.2) is 48.5 Å². The number of amides is 2. The second kappa shape index (κ2) is 8.42. The predicted molar refractivity (Wildman–Crippen MR) is 118 cm³/mol. The Kier molecular flexibility index (Phi) is 5.84. The number of nitrogens with one attached hydrogen (secondary N) is 2. The van der Waals surface area contributed by atoms with Gasteiger partial charge in [0.1, 0.15) is 5.82 Å². The molecule has 1 fully saturated rings. The summed E-state index contributed by atoms with van der Waals surface area (Å²) >= 11 is 0. The lowest BCUT2D eigenvalue weighted by Crippen LogP contribution is -2.62. The Labute approximate surface area is 183 Å². The molecule has 2 heterocycles. The first-order valence-corrected chi connectivity index (χ1v) is 11.0. The van der Waals surface area contributed by atoms with Crippen LogP contribution in [0.3, 0.4) is 0 Å². The monoisotopic (exact) mass is 423 g/mol. The smallest absolute Gasteiger partial charge is 0.252 e. The molecule has 6 heteroatoms. The van der Waals surface area contributed by atoms with Gasteiger partial charge in [0.2, 0.25) is 5.91 Å². The van der Waals surface area contributed by atoms with Gasteiger partial charge in [0.05, 0.1) is 11.5 Å². The largest absolute Gasteiger partial charge is 0.354 e. The second-order valence-electron chi connectivity index (χ2n) is 9.23. The maximum Gasteiger partial charge on any atom is 0.252 e. The van der Waals surface area contributed by atoms with E-state index in [0.717, 1.165) is 5.56 Å². The summed E-state index contributed by atoms with van der Waals surface area (Å²) in [6.07, 6.45) is 1.15. The lowest BCUT2D eigenvalue weighted by atomic mass is 9.77. The van der Waals surface area contributed by atoms with E-state index in [1.54, 1.807) is 12.1 Å². The number of likely N-dealkylation sites (tertiary alicyclic amines) is 1. The molecular weight excluding hydrogens is 393 g/mol. The second-order valence-corrected chi connectivity index (χ2v) is 9.23. The molecule has 4 rings (SSSR count). The van der Waals surface area contributed by atoms with Crippen molar-refractivity contribution in [3.05, 3.63) is 71.0 Å². The molecule has 1 unspecified atom stereocenters. The first-order valence-electron chi connectivity index (χ1n) is 11.0. The van der Waals surface area contributed by atoms with Gasteiger partial charge in [-0.15, -0.1) is 0 Å². The van der Waals surface area contributed by atoms with E-state index in [0.29, 0.717) is 37.1 Å². The Morgan fingerprint density at radius 1 is 1.19 bits per heavy atom. The molecule has 2 N–H and O–H groups in total. The van der Waals surface area contributed by atoms with E-state index >= 15 is 0 Å². The molecule has 0 saturated carbocycles. The van der Waals surface area contributed by atoms with Crippen molar-refractivity contribution >= 4 is 11.8 Å². The molecule has 2 aromatic carbocycles. The number of rotatable bonds is 5. The number of nitrogens with zero attached hydrogens (tertiary/aromatic N) is 1. The summed E-state index contributed by atoms with van der Waals surface area (Å²) in [7, 11) is 0. The fourth-order valence-corrected chi connectivity index (χ4v) is 4.99. The number of halogens is 1. The number of carbonyl (C=O) groups is 2. The van der Waals surface area contributed by atoms with E-state index in [4.69, 9.17) is 0 Å². The fraction of sp³-hybridized carbons (Fsp3) is 0.440. The molecule has 0 aromatic heterocycles. The minimum Gasteiger partial charge on any atom is -0.354 e. The number of fused-ring (bicyclic) bond motifs is 1. The van der Waals surface area contributed by atoms with Gasteiger partial charge in [0, 0.05) is 30.7 Å². The van der Waals surface area contributed by atoms with Gasteiger partial charge in [-0.05, 0) is 56.9 Å². The van der Waals surface area contributed by atoms with E-state index in [1.807, 2.05) is 44.2 Å². The Hall–Kier alpha value is -2.73. The molecule has 164 valence electrons. The highest BCUT2D eigenvalue weighted by molar-refractivity contribution is 5.98. The number of hydrogen-bond donors (Lipinski definition) is 2. The van der Waals surface area contributed by atoms with Crippen molar-refractivity contribution in [3.8, 4) is 0 Å². The van der Waals surface area contributed by atoms with Gasteiger partial charge in [-0.25, -0.2) is 4.39 Å². The maximum atomic E-state index is 14.2. The van der Waals surface area contributed by atoms with Crippen LogP contribution in [0.1, 0.15) is 42.3 Å². The molecule has 2 amide bonds. The Morgan fingerprint density at radius 2 is 1.90 bits per heavy atom. The molecule has 3 atom stereocenters. The van der Waals surface area contributed by atoms with Gasteiger partial charge >= 0.3 is 0 Å². The van der Waals surface area contributed by atoms with Crippen molar-refractivity contribution in [1.29, 1.82) is 0 Å². The third kappa shape index (κ3) is 4.22. The van der Waals surface area contributed by atoms with Gasteiger partial charge in [-0.3, -0.25) is 14.5 Å². The molecule has 2 aliphatic rings. The van der Waals surface area contributed by atoms with Crippen LogP contribution >= 0.6 is 0 Å². The van der Waals surface area contributed by atoms with Crippen LogP contribution in [0.5, 0.6) is 0 Å². The van der Waals surface area contributed by atoms with Crippen molar-refractivity contribution in [2.45, 2.75) is 51.2 Å². The summed E-state index contributed by atoms with van der Waals surface area (Å²) < 4.78 is 14.2. The SMILES string of the molecule is CC(C)NC(=O)[C@@H]1CN(C(C)Cc2ccccc2F)C[C@]12Cc1ccccc1C(=O)N2. The van der Waals surface area contributed by atoms with Crippen LogP contribution in [-0.2, 0) is 17.6 Å². The topological polar surface area (TPSA) is 61.4 Å². The summed E-state index contributed by atoms with van der Waals surface area (Å²) in [4.78, 5) is 28.3. The Balaban J connectivity index is 1.62. The zero-order valence-corrected chi connectivity index (χ0v) is 18.3. The van der Waals surface area contributed by atoms with Crippen molar-refractivity contribution in [3.63, 3.8) is 0 Å². The standard InChI is InChI=1S/C25H30FN3O2/c1-16(2)27-24(31)21-14-29(17(3)12-18-8-5-7-11-22(18)26)15-25(21)13-19-9-4-6-10-20(19)23(30)28-25/h4-11,16-17,21H,12-15H2,1-3H3,(H,27,31)(H,28,30)/t17?,21-,25+/m0/s1. The van der Waals surface area contributed by atoms with Crippen molar-refractivity contribution in [1.82, 2.24) is 15.5 Å². The van der Waals surface area contributed by atoms with E-state index in [2.05, 4.69) is 22.5 Å². The summed E-state index contributed by atoms with van der Waals surface area (Å²) in [6.45, 7) is 7.01. The van der Waals surface area contributed by atoms with Crippen LogP contribution in [0.2, 0.25) is 0 Å². The average Bonchev–Trinajstić information content (AvgIpc) is 3.08. The van der Waals surface area contributed by atoms with Gasteiger partial charge in [-0.2, -0.15) is 0 Å². The summed E-state index contributed by atoms with van der Waals surface area (Å²) in [6, 6.07) is 14.4. The van der Waals surface area contributed by atoms with Gasteiger partial charge < -0.3 is 10.6 Å². The van der Waals surface area contributed by atoms with E-state index in [9.17, 15) is 14.0 Å². The number of hydrogen-bond acceptors (Lipinski definition) is 3. The van der Waals surface area contributed by atoms with Crippen LogP contribution in [-0.4, -0.2) is 47.4 Å². The van der Waals surface area contributed by atoms with Crippen LogP contribution in [0.4, 0.5) is 4.39 Å². The molecule has 31 heavy (non-hydrogen) atoms. The summed E-state index contributed by atoms with van der Waals surface area (Å²) in [5, 5.41) is 6.23. The highest BCUT2D eigenvalue weighted by Crippen LogP contribution is 2.37. The van der Waals surface area contributed by atoms with E-state index < -0.39 is 5.54 Å². The normalized spacial score (nSPS) is 24.2. The van der Waals surface area contributed by atoms with Gasteiger partial charge in [0.25, 0.3) is 5.91 Å². The Bertz CT molecular complexity index is 992. The molecular formula is C25H30FN3O2. The van der Waals surface area contributed by atoms with Crippen molar-refractivity contribution < 1.29 is 14.0 Å². The minimum atomic E-state index is -0.673. The van der Waals surface area contributed by atoms with E-state index in [1.165, 1.54) is 6.07 Å². The summed E-state index contributed by atoms with van der Waals surface area (Å²) in [5.41, 5.74) is 1.64. The van der Waals surface area contributed by atoms with Crippen LogP contribution < -0.4 is 10.6 Å². The van der Waals surface area contributed by atoms with E-state index in [-0.39, 0.29) is 35.6 Å². The third-order valence-electron chi connectivity index (χ3n) is 6.54. The number of carbonyl (C=O) groups excluding carboxylic acids is 2. The van der Waals surface area contributed by atoms with Crippen molar-refractivity contribution in [2.75, 3.05) is 13.1 Å². The molecule has 0 bridgehead atoms. The summed E-state index contributed by atoms with van der Waals surface area (Å²) in [5.74, 6) is -0.768. The first-order chi connectivity index (χ1) is 14.8. The predicted octanol–water partition coefficient (Wildman–Crippen LogP) is 2.94. The molecule has 5 nitrogen and oxygen atoms in total. The molecule has 0 radical (unpaired) electrons. The molecule has 1 spiro atoms. The average molecular weight is 424 g/mol.